The fraction of sp³-hybridized carbons (Fsp3) is 0.667. The smallest absolute Gasteiger partial charge is 0.276 e. The number of aromatic nitrogens is 1. The van der Waals surface area contributed by atoms with Gasteiger partial charge < -0.3 is 14.3 Å². The topological polar surface area (TPSA) is 66.7 Å². The zero-order chi connectivity index (χ0) is 15.0. The molecule has 6 nitrogen and oxygen atoms in total. The van der Waals surface area contributed by atoms with Crippen molar-refractivity contribution in [3.63, 3.8) is 0 Å². The van der Waals surface area contributed by atoms with E-state index in [9.17, 15) is 9.59 Å². The van der Waals surface area contributed by atoms with E-state index in [4.69, 9.17) is 4.52 Å². The average molecular weight is 291 g/mol. The van der Waals surface area contributed by atoms with Gasteiger partial charge in [-0.2, -0.15) is 0 Å². The molecule has 1 atom stereocenters. The van der Waals surface area contributed by atoms with Gasteiger partial charge in [-0.15, -0.1) is 0 Å². The SMILES string of the molecule is Cc1cc(C(=O)N2CC(C(=O)N3CCCCC3C)C2)no1. The Balaban J connectivity index is 1.55. The van der Waals surface area contributed by atoms with Crippen LogP contribution in [0.1, 0.15) is 42.4 Å². The van der Waals surface area contributed by atoms with E-state index in [2.05, 4.69) is 12.1 Å². The van der Waals surface area contributed by atoms with Gasteiger partial charge >= 0.3 is 0 Å². The van der Waals surface area contributed by atoms with Crippen LogP contribution in [0.2, 0.25) is 0 Å². The molecule has 0 spiro atoms. The summed E-state index contributed by atoms with van der Waals surface area (Å²) in [5, 5.41) is 3.73. The van der Waals surface area contributed by atoms with Crippen LogP contribution in [-0.2, 0) is 4.79 Å². The largest absolute Gasteiger partial charge is 0.361 e. The molecule has 0 saturated carbocycles. The highest BCUT2D eigenvalue weighted by Gasteiger charge is 2.40. The minimum absolute atomic E-state index is 0.0532. The van der Waals surface area contributed by atoms with Gasteiger partial charge in [0.1, 0.15) is 5.76 Å². The number of hydrogen-bond acceptors (Lipinski definition) is 4. The third kappa shape index (κ3) is 2.66. The van der Waals surface area contributed by atoms with Crippen LogP contribution in [0.3, 0.4) is 0 Å². The summed E-state index contributed by atoms with van der Waals surface area (Å²) in [6.07, 6.45) is 3.37. The lowest BCUT2D eigenvalue weighted by Crippen LogP contribution is -2.58. The van der Waals surface area contributed by atoms with Crippen LogP contribution < -0.4 is 0 Å². The first-order valence-corrected chi connectivity index (χ1v) is 7.59. The van der Waals surface area contributed by atoms with Gasteiger partial charge in [0.05, 0.1) is 5.92 Å². The second-order valence-corrected chi connectivity index (χ2v) is 6.11. The molecule has 21 heavy (non-hydrogen) atoms. The Morgan fingerprint density at radius 1 is 1.33 bits per heavy atom. The summed E-state index contributed by atoms with van der Waals surface area (Å²) in [4.78, 5) is 28.2. The predicted octanol–water partition coefficient (Wildman–Crippen LogP) is 1.46. The molecule has 2 saturated heterocycles. The number of carbonyl (C=O) groups is 2. The molecular formula is C15H21N3O3. The molecule has 1 aromatic heterocycles. The van der Waals surface area contributed by atoms with E-state index in [0.717, 1.165) is 19.4 Å². The Kier molecular flexibility index (Phi) is 3.69. The Morgan fingerprint density at radius 2 is 2.10 bits per heavy atom. The van der Waals surface area contributed by atoms with Gasteiger partial charge in [0.2, 0.25) is 5.91 Å². The van der Waals surface area contributed by atoms with E-state index in [1.807, 2.05) is 4.90 Å². The molecule has 0 aliphatic carbocycles. The summed E-state index contributed by atoms with van der Waals surface area (Å²) in [5.74, 6) is 0.612. The molecule has 1 aromatic rings. The van der Waals surface area contributed by atoms with Crippen molar-refractivity contribution in [2.45, 2.75) is 39.2 Å². The van der Waals surface area contributed by atoms with Crippen molar-refractivity contribution in [2.24, 2.45) is 5.92 Å². The molecule has 0 aromatic carbocycles. The van der Waals surface area contributed by atoms with E-state index < -0.39 is 0 Å². The highest BCUT2D eigenvalue weighted by Crippen LogP contribution is 2.25. The molecule has 2 amide bonds. The number of aryl methyl sites for hydroxylation is 1. The van der Waals surface area contributed by atoms with Crippen LogP contribution in [0.25, 0.3) is 0 Å². The number of rotatable bonds is 2. The summed E-state index contributed by atoms with van der Waals surface area (Å²) < 4.78 is 4.92. The van der Waals surface area contributed by atoms with E-state index >= 15 is 0 Å². The quantitative estimate of drug-likeness (QED) is 0.827. The summed E-state index contributed by atoms with van der Waals surface area (Å²) in [6, 6.07) is 1.96. The van der Waals surface area contributed by atoms with Crippen molar-refractivity contribution >= 4 is 11.8 Å². The van der Waals surface area contributed by atoms with Gasteiger partial charge in [0, 0.05) is 31.7 Å². The molecule has 6 heteroatoms. The van der Waals surface area contributed by atoms with Crippen molar-refractivity contribution in [3.8, 4) is 0 Å². The number of carbonyl (C=O) groups excluding carboxylic acids is 2. The molecule has 3 rings (SSSR count). The molecule has 0 N–H and O–H groups in total. The zero-order valence-corrected chi connectivity index (χ0v) is 12.5. The number of piperidine rings is 1. The monoisotopic (exact) mass is 291 g/mol. The van der Waals surface area contributed by atoms with Crippen LogP contribution >= 0.6 is 0 Å². The summed E-state index contributed by atoms with van der Waals surface area (Å²) in [6.45, 7) is 5.70. The van der Waals surface area contributed by atoms with Crippen molar-refractivity contribution < 1.29 is 14.1 Å². The maximum Gasteiger partial charge on any atom is 0.276 e. The Hall–Kier alpha value is -1.85. The molecule has 1 unspecified atom stereocenters. The van der Waals surface area contributed by atoms with Gasteiger partial charge in [0.15, 0.2) is 5.69 Å². The molecule has 2 aliphatic rings. The molecule has 0 radical (unpaired) electrons. The first kappa shape index (κ1) is 14.1. The highest BCUT2D eigenvalue weighted by atomic mass is 16.5. The average Bonchev–Trinajstić information content (AvgIpc) is 2.84. The van der Waals surface area contributed by atoms with Crippen LogP contribution in [0.5, 0.6) is 0 Å². The van der Waals surface area contributed by atoms with E-state index in [1.54, 1.807) is 17.9 Å². The fourth-order valence-corrected chi connectivity index (χ4v) is 3.09. The second kappa shape index (κ2) is 5.50. The van der Waals surface area contributed by atoms with Gasteiger partial charge in [-0.1, -0.05) is 5.16 Å². The molecule has 2 fully saturated rings. The minimum atomic E-state index is -0.150. The standard InChI is InChI=1S/C15H21N3O3/c1-10-5-3-4-6-18(10)14(19)12-8-17(9-12)15(20)13-7-11(2)21-16-13/h7,10,12H,3-6,8-9H2,1-2H3. The fourth-order valence-electron chi connectivity index (χ4n) is 3.09. The Bertz CT molecular complexity index is 548. The van der Waals surface area contributed by atoms with Crippen LogP contribution in [-0.4, -0.2) is 52.4 Å². The molecule has 3 heterocycles. The van der Waals surface area contributed by atoms with E-state index in [0.29, 0.717) is 30.6 Å². The molecule has 0 bridgehead atoms. The Morgan fingerprint density at radius 3 is 2.71 bits per heavy atom. The number of hydrogen-bond donors (Lipinski definition) is 0. The second-order valence-electron chi connectivity index (χ2n) is 6.11. The third-order valence-electron chi connectivity index (χ3n) is 4.45. The molecule has 114 valence electrons. The Labute approximate surface area is 124 Å². The van der Waals surface area contributed by atoms with Gasteiger partial charge in [-0.25, -0.2) is 0 Å². The summed E-state index contributed by atoms with van der Waals surface area (Å²) in [7, 11) is 0. The minimum Gasteiger partial charge on any atom is -0.361 e. The number of likely N-dealkylation sites (tertiary alicyclic amines) is 2. The number of amides is 2. The summed E-state index contributed by atoms with van der Waals surface area (Å²) >= 11 is 0. The lowest BCUT2D eigenvalue weighted by Gasteiger charge is -2.43. The molecule has 2 aliphatic heterocycles. The van der Waals surface area contributed by atoms with Crippen LogP contribution in [0, 0.1) is 12.8 Å². The molecular weight excluding hydrogens is 270 g/mol. The number of nitrogens with zero attached hydrogens (tertiary/aromatic N) is 3. The van der Waals surface area contributed by atoms with Crippen molar-refractivity contribution in [1.82, 2.24) is 15.0 Å². The van der Waals surface area contributed by atoms with Crippen LogP contribution in [0.15, 0.2) is 10.6 Å². The predicted molar refractivity (Wildman–Crippen MR) is 75.7 cm³/mol. The first-order chi connectivity index (χ1) is 10.1. The maximum absolute atomic E-state index is 12.5. The van der Waals surface area contributed by atoms with Gasteiger partial charge in [-0.3, -0.25) is 9.59 Å². The lowest BCUT2D eigenvalue weighted by atomic mass is 9.94. The van der Waals surface area contributed by atoms with Gasteiger partial charge in [0.25, 0.3) is 5.91 Å². The van der Waals surface area contributed by atoms with Crippen molar-refractivity contribution in [1.29, 1.82) is 0 Å². The normalized spacial score (nSPS) is 23.0. The summed E-state index contributed by atoms with van der Waals surface area (Å²) in [5.41, 5.74) is 0.324. The first-order valence-electron chi connectivity index (χ1n) is 7.59. The highest BCUT2D eigenvalue weighted by molar-refractivity contribution is 5.94. The van der Waals surface area contributed by atoms with E-state index in [-0.39, 0.29) is 17.7 Å². The lowest BCUT2D eigenvalue weighted by molar-refractivity contribution is -0.143. The van der Waals surface area contributed by atoms with Gasteiger partial charge in [-0.05, 0) is 33.1 Å². The van der Waals surface area contributed by atoms with Crippen LogP contribution in [0.4, 0.5) is 0 Å². The maximum atomic E-state index is 12.5. The zero-order valence-electron chi connectivity index (χ0n) is 12.5. The van der Waals surface area contributed by atoms with E-state index in [1.165, 1.54) is 6.42 Å². The van der Waals surface area contributed by atoms with Crippen molar-refractivity contribution in [3.05, 3.63) is 17.5 Å². The third-order valence-corrected chi connectivity index (χ3v) is 4.45. The van der Waals surface area contributed by atoms with Crippen molar-refractivity contribution in [2.75, 3.05) is 19.6 Å².